The van der Waals surface area contributed by atoms with Crippen LogP contribution in [0.3, 0.4) is 0 Å². The summed E-state index contributed by atoms with van der Waals surface area (Å²) in [7, 11) is 0. The van der Waals surface area contributed by atoms with Gasteiger partial charge in [0.25, 0.3) is 0 Å². The van der Waals surface area contributed by atoms with Gasteiger partial charge in [0.1, 0.15) is 24.3 Å². The number of aromatic nitrogens is 2. The van der Waals surface area contributed by atoms with Crippen molar-refractivity contribution in [2.75, 3.05) is 0 Å². The molecule has 1 N–H and O–H groups in total. The number of rotatable bonds is 12. The van der Waals surface area contributed by atoms with Gasteiger partial charge in [0.2, 0.25) is 0 Å². The van der Waals surface area contributed by atoms with Crippen molar-refractivity contribution >= 4 is 35.1 Å². The summed E-state index contributed by atoms with van der Waals surface area (Å²) in [6.07, 6.45) is 12.1. The minimum atomic E-state index is -0.714. The average molecular weight is 565 g/mol. The second-order valence-electron chi connectivity index (χ2n) is 11.1. The zero-order chi connectivity index (χ0) is 27.1. The lowest BCUT2D eigenvalue weighted by Crippen LogP contribution is -2.51. The van der Waals surface area contributed by atoms with E-state index in [0.717, 1.165) is 62.6 Å². The average Bonchev–Trinajstić information content (AvgIpc) is 3.62. The number of hydrogen-bond acceptors (Lipinski definition) is 6. The van der Waals surface area contributed by atoms with Crippen LogP contribution in [-0.4, -0.2) is 45.8 Å². The van der Waals surface area contributed by atoms with E-state index < -0.39 is 12.1 Å². The van der Waals surface area contributed by atoms with Gasteiger partial charge in [-0.25, -0.2) is 4.98 Å². The number of carbonyl (C=O) groups is 2. The Labute approximate surface area is 235 Å². The molecule has 2 aliphatic rings. The van der Waals surface area contributed by atoms with Crippen molar-refractivity contribution in [2.45, 2.75) is 109 Å². The van der Waals surface area contributed by atoms with Crippen LogP contribution in [0.1, 0.15) is 82.9 Å². The maximum atomic E-state index is 13.5. The second-order valence-corrected chi connectivity index (χ2v) is 12.0. The van der Waals surface area contributed by atoms with Gasteiger partial charge < -0.3 is 14.0 Å². The van der Waals surface area contributed by atoms with Gasteiger partial charge in [-0.05, 0) is 87.5 Å². The minimum absolute atomic E-state index is 0.0335. The van der Waals surface area contributed by atoms with E-state index in [4.69, 9.17) is 32.7 Å². The van der Waals surface area contributed by atoms with Crippen LogP contribution in [0, 0.1) is 5.92 Å². The number of esters is 2. The number of halogens is 2. The van der Waals surface area contributed by atoms with Crippen molar-refractivity contribution in [3.8, 4) is 0 Å². The fraction of sp³-hybridized carbons (Fsp3) is 0.621. The third-order valence-corrected chi connectivity index (χ3v) is 7.77. The molecule has 2 unspecified atom stereocenters. The van der Waals surface area contributed by atoms with Crippen LogP contribution in [0.5, 0.6) is 0 Å². The van der Waals surface area contributed by atoms with Crippen LogP contribution in [-0.2, 0) is 32.0 Å². The first-order valence-electron chi connectivity index (χ1n) is 13.9. The van der Waals surface area contributed by atoms with Gasteiger partial charge in [-0.1, -0.05) is 37.0 Å². The van der Waals surface area contributed by atoms with Crippen molar-refractivity contribution in [3.05, 3.63) is 52.0 Å². The molecule has 0 bridgehead atoms. The molecule has 0 saturated heterocycles. The van der Waals surface area contributed by atoms with E-state index in [2.05, 4.69) is 24.1 Å². The number of nitrogens with zero attached hydrogens (tertiary/aromatic N) is 2. The lowest BCUT2D eigenvalue weighted by Gasteiger charge is -2.27. The molecular weight excluding hydrogens is 525 g/mol. The Morgan fingerprint density at radius 3 is 2.05 bits per heavy atom. The molecular formula is C29H39Cl2N3O4. The van der Waals surface area contributed by atoms with Gasteiger partial charge >= 0.3 is 11.9 Å². The lowest BCUT2D eigenvalue weighted by atomic mass is 10.0. The molecule has 7 nitrogen and oxygen atoms in total. The van der Waals surface area contributed by atoms with Gasteiger partial charge in [0, 0.05) is 34.9 Å². The highest BCUT2D eigenvalue weighted by atomic mass is 35.5. The monoisotopic (exact) mass is 563 g/mol. The molecule has 0 aliphatic heterocycles. The molecule has 9 heteroatoms. The summed E-state index contributed by atoms with van der Waals surface area (Å²) in [4.78, 5) is 31.0. The molecule has 2 atom stereocenters. The Balaban J connectivity index is 1.52. The molecule has 0 radical (unpaired) electrons. The standard InChI is InChI=1S/C29H39Cl2N3O4/c1-19(2)11-26(28(35)37-24-7-3-4-8-24)33-27(29(36)38-25-9-5-6-10-25)15-23-16-32-18-34(23)17-20-12-21(30)14-22(31)13-20/h12-14,16,18-19,24-27,33H,3-11,15,17H2,1-2H3. The van der Waals surface area contributed by atoms with Crippen LogP contribution in [0.25, 0.3) is 0 Å². The number of ether oxygens (including phenoxy) is 2. The smallest absolute Gasteiger partial charge is 0.323 e. The second kappa shape index (κ2) is 13.8. The van der Waals surface area contributed by atoms with E-state index >= 15 is 0 Å². The molecule has 2 aliphatic carbocycles. The van der Waals surface area contributed by atoms with Gasteiger partial charge in [0.05, 0.1) is 6.33 Å². The highest BCUT2D eigenvalue weighted by Gasteiger charge is 2.33. The van der Waals surface area contributed by atoms with Crippen molar-refractivity contribution in [1.82, 2.24) is 14.9 Å². The van der Waals surface area contributed by atoms with Crippen molar-refractivity contribution in [1.29, 1.82) is 0 Å². The van der Waals surface area contributed by atoms with Gasteiger partial charge in [-0.3, -0.25) is 14.9 Å². The molecule has 208 valence electrons. The van der Waals surface area contributed by atoms with Gasteiger partial charge in [-0.15, -0.1) is 0 Å². The summed E-state index contributed by atoms with van der Waals surface area (Å²) < 4.78 is 13.7. The van der Waals surface area contributed by atoms with Gasteiger partial charge in [-0.2, -0.15) is 0 Å². The fourth-order valence-corrected chi connectivity index (χ4v) is 6.00. The van der Waals surface area contributed by atoms with E-state index in [-0.39, 0.29) is 30.1 Å². The SMILES string of the molecule is CC(C)CC(NC(Cc1cncn1Cc1cc(Cl)cc(Cl)c1)C(=O)OC1CCCC1)C(=O)OC1CCCC1. The molecule has 0 spiro atoms. The van der Waals surface area contributed by atoms with Crippen LogP contribution < -0.4 is 5.32 Å². The van der Waals surface area contributed by atoms with Gasteiger partial charge in [0.15, 0.2) is 0 Å². The quantitative estimate of drug-likeness (QED) is 0.313. The zero-order valence-electron chi connectivity index (χ0n) is 22.3. The Hall–Kier alpha value is -2.09. The Bertz CT molecular complexity index is 1060. The highest BCUT2D eigenvalue weighted by Crippen LogP contribution is 2.24. The lowest BCUT2D eigenvalue weighted by molar-refractivity contribution is -0.155. The predicted octanol–water partition coefficient (Wildman–Crippen LogP) is 6.13. The molecule has 2 saturated carbocycles. The molecule has 2 fully saturated rings. The fourth-order valence-electron chi connectivity index (χ4n) is 5.43. The summed E-state index contributed by atoms with van der Waals surface area (Å²) in [5, 5.41) is 4.47. The summed E-state index contributed by atoms with van der Waals surface area (Å²) in [5.41, 5.74) is 1.77. The summed E-state index contributed by atoms with van der Waals surface area (Å²) >= 11 is 12.4. The topological polar surface area (TPSA) is 82.5 Å². The third kappa shape index (κ3) is 8.45. The van der Waals surface area contributed by atoms with E-state index in [1.165, 1.54) is 0 Å². The number of carbonyl (C=O) groups excluding carboxylic acids is 2. The summed E-state index contributed by atoms with van der Waals surface area (Å²) in [5.74, 6) is -0.377. The maximum Gasteiger partial charge on any atom is 0.323 e. The largest absolute Gasteiger partial charge is 0.461 e. The Morgan fingerprint density at radius 2 is 1.50 bits per heavy atom. The summed E-state index contributed by atoms with van der Waals surface area (Å²) in [6.45, 7) is 4.63. The minimum Gasteiger partial charge on any atom is -0.461 e. The van der Waals surface area contributed by atoms with E-state index in [9.17, 15) is 9.59 Å². The van der Waals surface area contributed by atoms with Crippen LogP contribution in [0.4, 0.5) is 0 Å². The highest BCUT2D eigenvalue weighted by molar-refractivity contribution is 6.34. The molecule has 1 heterocycles. The Kier molecular flexibility index (Phi) is 10.5. The molecule has 4 rings (SSSR count). The Morgan fingerprint density at radius 1 is 0.947 bits per heavy atom. The summed E-state index contributed by atoms with van der Waals surface area (Å²) in [6, 6.07) is 4.10. The molecule has 2 aromatic rings. The third-order valence-electron chi connectivity index (χ3n) is 7.34. The molecule has 1 aromatic carbocycles. The normalized spacial score (nSPS) is 18.1. The molecule has 38 heavy (non-hydrogen) atoms. The first-order chi connectivity index (χ1) is 18.3. The maximum absolute atomic E-state index is 13.5. The first-order valence-corrected chi connectivity index (χ1v) is 14.6. The van der Waals surface area contributed by atoms with Crippen molar-refractivity contribution < 1.29 is 19.1 Å². The predicted molar refractivity (Wildman–Crippen MR) is 148 cm³/mol. The number of nitrogens with one attached hydrogen (secondary N) is 1. The van der Waals surface area contributed by atoms with E-state index in [1.807, 2.05) is 16.7 Å². The number of benzene rings is 1. The van der Waals surface area contributed by atoms with Crippen molar-refractivity contribution in [2.24, 2.45) is 5.92 Å². The zero-order valence-corrected chi connectivity index (χ0v) is 23.8. The number of hydrogen-bond donors (Lipinski definition) is 1. The first kappa shape index (κ1) is 28.9. The van der Waals surface area contributed by atoms with Crippen LogP contribution in [0.2, 0.25) is 10.0 Å². The van der Waals surface area contributed by atoms with Crippen LogP contribution >= 0.6 is 23.2 Å². The molecule has 0 amide bonds. The molecule has 1 aromatic heterocycles. The van der Waals surface area contributed by atoms with Crippen LogP contribution in [0.15, 0.2) is 30.7 Å². The number of imidazole rings is 1. The van der Waals surface area contributed by atoms with Crippen molar-refractivity contribution in [3.63, 3.8) is 0 Å². The van der Waals surface area contributed by atoms with E-state index in [0.29, 0.717) is 29.4 Å². The van der Waals surface area contributed by atoms with E-state index in [1.54, 1.807) is 18.6 Å².